The Bertz CT molecular complexity index is 446. The molecule has 1 rings (SSSR count). The largest absolute Gasteiger partial charge is 0.417 e. The van der Waals surface area contributed by atoms with Gasteiger partial charge in [0.25, 0.3) is 5.91 Å². The molecule has 0 bridgehead atoms. The quantitative estimate of drug-likeness (QED) is 0.525. The molecule has 1 amide bonds. The molecule has 0 aromatic carbocycles. The Balaban J connectivity index is 2.68. The van der Waals surface area contributed by atoms with Gasteiger partial charge < -0.3 is 5.32 Å². The fourth-order valence-electron chi connectivity index (χ4n) is 0.936. The maximum Gasteiger partial charge on any atom is 0.417 e. The normalized spacial score (nSPS) is 10.7. The molecular formula is C9H9F3N4OS. The van der Waals surface area contributed by atoms with Gasteiger partial charge in [-0.15, -0.1) is 0 Å². The molecule has 0 unspecified atom stereocenters. The molecule has 98 valence electrons. The number of alkyl halides is 3. The van der Waals surface area contributed by atoms with Crippen LogP contribution in [-0.2, 0) is 6.18 Å². The number of nitrogens with zero attached hydrogens (tertiary/aromatic N) is 1. The molecule has 0 aliphatic carbocycles. The van der Waals surface area contributed by atoms with Crippen LogP contribution >= 0.6 is 12.2 Å². The van der Waals surface area contributed by atoms with Crippen LogP contribution in [0.1, 0.15) is 16.1 Å². The number of nitrogens with one attached hydrogen (secondary N) is 3. The highest BCUT2D eigenvalue weighted by Gasteiger charge is 2.30. The average Bonchev–Trinajstić information content (AvgIpc) is 2.34. The lowest BCUT2D eigenvalue weighted by molar-refractivity contribution is -0.137. The Kier molecular flexibility index (Phi) is 4.43. The van der Waals surface area contributed by atoms with E-state index in [-0.39, 0.29) is 10.8 Å². The lowest BCUT2D eigenvalue weighted by Crippen LogP contribution is -2.45. The van der Waals surface area contributed by atoms with Gasteiger partial charge in [0.15, 0.2) is 5.11 Å². The van der Waals surface area contributed by atoms with Gasteiger partial charge in [-0.25, -0.2) is 0 Å². The number of aromatic nitrogens is 1. The summed E-state index contributed by atoms with van der Waals surface area (Å²) in [5.41, 5.74) is 3.43. The molecule has 5 nitrogen and oxygen atoms in total. The van der Waals surface area contributed by atoms with E-state index in [1.54, 1.807) is 0 Å². The average molecular weight is 278 g/mol. The Labute approximate surface area is 106 Å². The molecule has 18 heavy (non-hydrogen) atoms. The summed E-state index contributed by atoms with van der Waals surface area (Å²) in [4.78, 5) is 14.8. The van der Waals surface area contributed by atoms with Crippen molar-refractivity contribution in [2.75, 3.05) is 7.05 Å². The third-order valence-electron chi connectivity index (χ3n) is 1.84. The minimum absolute atomic E-state index is 0.158. The second kappa shape index (κ2) is 5.63. The molecule has 1 aromatic rings. The summed E-state index contributed by atoms with van der Waals surface area (Å²) in [7, 11) is 1.54. The highest BCUT2D eigenvalue weighted by atomic mass is 32.1. The maximum absolute atomic E-state index is 12.2. The lowest BCUT2D eigenvalue weighted by atomic mass is 10.2. The summed E-state index contributed by atoms with van der Waals surface area (Å²) in [6.07, 6.45) is -3.89. The molecule has 0 aliphatic heterocycles. The van der Waals surface area contributed by atoms with Gasteiger partial charge in [-0.1, -0.05) is 0 Å². The van der Waals surface area contributed by atoms with Crippen molar-refractivity contribution in [3.05, 3.63) is 29.6 Å². The van der Waals surface area contributed by atoms with Gasteiger partial charge in [0.2, 0.25) is 0 Å². The number of hydrogen-bond donors (Lipinski definition) is 3. The third kappa shape index (κ3) is 3.84. The van der Waals surface area contributed by atoms with Crippen LogP contribution in [0.25, 0.3) is 0 Å². The summed E-state index contributed by atoms with van der Waals surface area (Å²) < 4.78 is 36.7. The topological polar surface area (TPSA) is 66.0 Å². The van der Waals surface area contributed by atoms with Gasteiger partial charge in [0, 0.05) is 13.2 Å². The number of rotatable bonds is 1. The summed E-state index contributed by atoms with van der Waals surface area (Å²) in [6, 6.07) is 1.75. The van der Waals surface area contributed by atoms with Crippen LogP contribution in [0.3, 0.4) is 0 Å². The Morgan fingerprint density at radius 2 is 2.00 bits per heavy atom. The fraction of sp³-hybridized carbons (Fsp3) is 0.222. The summed E-state index contributed by atoms with van der Waals surface area (Å²) in [5.74, 6) is -0.693. The first-order valence-electron chi connectivity index (χ1n) is 4.66. The van der Waals surface area contributed by atoms with Crippen LogP contribution in [0.2, 0.25) is 0 Å². The molecule has 0 atom stereocenters. The van der Waals surface area contributed by atoms with E-state index < -0.39 is 17.6 Å². The third-order valence-corrected chi connectivity index (χ3v) is 2.15. The van der Waals surface area contributed by atoms with E-state index in [1.807, 2.05) is 0 Å². The van der Waals surface area contributed by atoms with Crippen molar-refractivity contribution in [2.45, 2.75) is 6.18 Å². The molecule has 0 spiro atoms. The molecule has 0 radical (unpaired) electrons. The van der Waals surface area contributed by atoms with Crippen molar-refractivity contribution < 1.29 is 18.0 Å². The summed E-state index contributed by atoms with van der Waals surface area (Å²) in [6.45, 7) is 0. The van der Waals surface area contributed by atoms with E-state index in [2.05, 4.69) is 33.4 Å². The van der Waals surface area contributed by atoms with Gasteiger partial charge in [0.05, 0.1) is 5.56 Å². The van der Waals surface area contributed by atoms with Gasteiger partial charge in [-0.3, -0.25) is 20.6 Å². The Hall–Kier alpha value is -1.90. The predicted octanol–water partition coefficient (Wildman–Crippen LogP) is 0.839. The molecule has 0 saturated heterocycles. The first-order valence-corrected chi connectivity index (χ1v) is 5.06. The molecule has 1 heterocycles. The van der Waals surface area contributed by atoms with Crippen LogP contribution in [0.5, 0.6) is 0 Å². The Morgan fingerprint density at radius 1 is 1.33 bits per heavy atom. The molecule has 0 fully saturated rings. The van der Waals surface area contributed by atoms with Crippen LogP contribution < -0.4 is 16.2 Å². The standard InChI is InChI=1S/C9H9F3N4OS/c1-13-8(18)16-15-7(17)6-3-2-5(4-14-6)9(10,11)12/h2-4H,1H3,(H,15,17)(H2,13,16,18). The van der Waals surface area contributed by atoms with Crippen LogP contribution in [0.4, 0.5) is 13.2 Å². The maximum atomic E-state index is 12.2. The van der Waals surface area contributed by atoms with E-state index in [0.717, 1.165) is 12.1 Å². The SMILES string of the molecule is CNC(=S)NNC(=O)c1ccc(C(F)(F)F)cn1. The van der Waals surface area contributed by atoms with Crippen molar-refractivity contribution in [2.24, 2.45) is 0 Å². The zero-order valence-electron chi connectivity index (χ0n) is 9.13. The lowest BCUT2D eigenvalue weighted by Gasteiger charge is -2.09. The van der Waals surface area contributed by atoms with E-state index in [4.69, 9.17) is 0 Å². The highest BCUT2D eigenvalue weighted by Crippen LogP contribution is 2.28. The summed E-state index contributed by atoms with van der Waals surface area (Å²) in [5, 5.41) is 2.70. The summed E-state index contributed by atoms with van der Waals surface area (Å²) >= 11 is 4.69. The molecule has 1 aromatic heterocycles. The van der Waals surface area contributed by atoms with E-state index in [0.29, 0.717) is 6.20 Å². The Morgan fingerprint density at radius 3 is 2.44 bits per heavy atom. The van der Waals surface area contributed by atoms with Crippen molar-refractivity contribution in [3.8, 4) is 0 Å². The molecule has 3 N–H and O–H groups in total. The minimum atomic E-state index is -4.48. The fourth-order valence-corrected chi connectivity index (χ4v) is 0.987. The predicted molar refractivity (Wildman–Crippen MR) is 61.5 cm³/mol. The first kappa shape index (κ1) is 14.2. The zero-order valence-corrected chi connectivity index (χ0v) is 9.95. The molecule has 0 aliphatic rings. The van der Waals surface area contributed by atoms with Gasteiger partial charge >= 0.3 is 6.18 Å². The van der Waals surface area contributed by atoms with Crippen LogP contribution in [0, 0.1) is 0 Å². The second-order valence-electron chi connectivity index (χ2n) is 3.09. The zero-order chi connectivity index (χ0) is 13.8. The van der Waals surface area contributed by atoms with Crippen molar-refractivity contribution >= 4 is 23.2 Å². The number of pyridine rings is 1. The van der Waals surface area contributed by atoms with E-state index >= 15 is 0 Å². The number of thiocarbonyl (C=S) groups is 1. The van der Waals surface area contributed by atoms with Crippen LogP contribution in [0.15, 0.2) is 18.3 Å². The van der Waals surface area contributed by atoms with Crippen molar-refractivity contribution in [1.29, 1.82) is 0 Å². The van der Waals surface area contributed by atoms with E-state index in [9.17, 15) is 18.0 Å². The number of carbonyl (C=O) groups excluding carboxylic acids is 1. The van der Waals surface area contributed by atoms with Gasteiger partial charge in [0.1, 0.15) is 5.69 Å². The minimum Gasteiger partial charge on any atom is -0.364 e. The molecular weight excluding hydrogens is 269 g/mol. The number of halogens is 3. The highest BCUT2D eigenvalue weighted by molar-refractivity contribution is 7.80. The van der Waals surface area contributed by atoms with Gasteiger partial charge in [-0.05, 0) is 24.4 Å². The van der Waals surface area contributed by atoms with Crippen molar-refractivity contribution in [1.82, 2.24) is 21.2 Å². The first-order chi connectivity index (χ1) is 8.34. The molecule has 9 heteroatoms. The second-order valence-corrected chi connectivity index (χ2v) is 3.50. The smallest absolute Gasteiger partial charge is 0.364 e. The number of carbonyl (C=O) groups is 1. The van der Waals surface area contributed by atoms with Crippen molar-refractivity contribution in [3.63, 3.8) is 0 Å². The monoisotopic (exact) mass is 278 g/mol. The molecule has 0 saturated carbocycles. The van der Waals surface area contributed by atoms with E-state index in [1.165, 1.54) is 7.05 Å². The number of amides is 1. The number of hydrogen-bond acceptors (Lipinski definition) is 3. The van der Waals surface area contributed by atoms with Crippen LogP contribution in [-0.4, -0.2) is 23.1 Å². The number of hydrazine groups is 1. The van der Waals surface area contributed by atoms with Gasteiger partial charge in [-0.2, -0.15) is 13.2 Å².